The van der Waals surface area contributed by atoms with Crippen molar-refractivity contribution in [3.63, 3.8) is 0 Å². The Morgan fingerprint density at radius 2 is 2.00 bits per heavy atom. The number of nitrogens with two attached hydrogens (primary N) is 1. The van der Waals surface area contributed by atoms with Gasteiger partial charge in [-0.3, -0.25) is 0 Å². The van der Waals surface area contributed by atoms with Crippen molar-refractivity contribution in [2.24, 2.45) is 11.7 Å². The number of benzene rings is 1. The van der Waals surface area contributed by atoms with Gasteiger partial charge in [0, 0.05) is 25.7 Å². The first-order valence-corrected chi connectivity index (χ1v) is 7.37. The van der Waals surface area contributed by atoms with Crippen LogP contribution < -0.4 is 10.5 Å². The van der Waals surface area contributed by atoms with Crippen molar-refractivity contribution >= 4 is 0 Å². The molecule has 3 heteroatoms. The highest BCUT2D eigenvalue weighted by molar-refractivity contribution is 5.27. The van der Waals surface area contributed by atoms with Crippen LogP contribution in [0.4, 0.5) is 0 Å². The zero-order chi connectivity index (χ0) is 13.7. The van der Waals surface area contributed by atoms with E-state index in [4.69, 9.17) is 10.5 Å². The van der Waals surface area contributed by atoms with E-state index in [9.17, 15) is 0 Å². The highest BCUT2D eigenvalue weighted by Crippen LogP contribution is 2.16. The molecule has 2 N–H and O–H groups in total. The van der Waals surface area contributed by atoms with Crippen molar-refractivity contribution in [1.82, 2.24) is 4.90 Å². The summed E-state index contributed by atoms with van der Waals surface area (Å²) in [4.78, 5) is 2.50. The van der Waals surface area contributed by atoms with Gasteiger partial charge in [0.2, 0.25) is 0 Å². The molecule has 1 aliphatic heterocycles. The Kier molecular flexibility index (Phi) is 5.23. The lowest BCUT2D eigenvalue weighted by Gasteiger charge is -2.34. The highest BCUT2D eigenvalue weighted by Gasteiger charge is 2.21. The number of ether oxygens (including phenoxy) is 1. The topological polar surface area (TPSA) is 38.5 Å². The van der Waals surface area contributed by atoms with Crippen LogP contribution in [0.1, 0.15) is 25.8 Å². The van der Waals surface area contributed by atoms with Crippen LogP contribution in [0, 0.1) is 5.92 Å². The first-order valence-electron chi connectivity index (χ1n) is 7.37. The number of nitrogens with zero attached hydrogens (tertiary/aromatic N) is 1. The van der Waals surface area contributed by atoms with Gasteiger partial charge in [-0.15, -0.1) is 0 Å². The first kappa shape index (κ1) is 14.4. The maximum Gasteiger partial charge on any atom is 0.119 e. The van der Waals surface area contributed by atoms with Gasteiger partial charge in [-0.2, -0.15) is 0 Å². The Balaban J connectivity index is 1.81. The monoisotopic (exact) mass is 262 g/mol. The lowest BCUT2D eigenvalue weighted by Crippen LogP contribution is -2.46. The van der Waals surface area contributed by atoms with Crippen molar-refractivity contribution in [2.75, 3.05) is 26.2 Å². The third kappa shape index (κ3) is 4.51. The summed E-state index contributed by atoms with van der Waals surface area (Å²) in [5.74, 6) is 1.68. The lowest BCUT2D eigenvalue weighted by molar-refractivity contribution is 0.167. The molecule has 1 aliphatic rings. The highest BCUT2D eigenvalue weighted by atomic mass is 16.5. The number of hydrogen-bond acceptors (Lipinski definition) is 3. The molecule has 3 nitrogen and oxygen atoms in total. The average Bonchev–Trinajstić information content (AvgIpc) is 2.37. The van der Waals surface area contributed by atoms with E-state index >= 15 is 0 Å². The van der Waals surface area contributed by atoms with Gasteiger partial charge in [0.25, 0.3) is 0 Å². The van der Waals surface area contributed by atoms with Gasteiger partial charge in [0.1, 0.15) is 5.75 Å². The molecule has 19 heavy (non-hydrogen) atoms. The van der Waals surface area contributed by atoms with E-state index < -0.39 is 0 Å². The predicted octanol–water partition coefficient (Wildman–Crippen LogP) is 2.30. The number of hydrogen-bond donors (Lipinski definition) is 1. The number of piperidine rings is 1. The Bertz CT molecular complexity index is 367. The van der Waals surface area contributed by atoms with Gasteiger partial charge in [-0.1, -0.05) is 19.1 Å². The lowest BCUT2D eigenvalue weighted by atomic mass is 9.96. The van der Waals surface area contributed by atoms with Crippen LogP contribution in [0.3, 0.4) is 0 Å². The molecule has 106 valence electrons. The molecule has 1 aromatic carbocycles. The molecule has 0 amide bonds. The second-order valence-corrected chi connectivity index (χ2v) is 5.69. The van der Waals surface area contributed by atoms with Crippen LogP contribution in [-0.2, 0) is 6.42 Å². The summed E-state index contributed by atoms with van der Waals surface area (Å²) in [6, 6.07) is 8.80. The third-order valence-electron chi connectivity index (χ3n) is 3.72. The van der Waals surface area contributed by atoms with Crippen LogP contribution >= 0.6 is 0 Å². The van der Waals surface area contributed by atoms with Crippen molar-refractivity contribution in [3.05, 3.63) is 29.8 Å². The molecule has 0 aliphatic carbocycles. The fourth-order valence-electron chi connectivity index (χ4n) is 2.90. The Labute approximate surface area is 116 Å². The van der Waals surface area contributed by atoms with Gasteiger partial charge in [-0.25, -0.2) is 0 Å². The van der Waals surface area contributed by atoms with Gasteiger partial charge in [0.05, 0.1) is 6.61 Å². The molecule has 0 radical (unpaired) electrons. The quantitative estimate of drug-likeness (QED) is 0.885. The summed E-state index contributed by atoms with van der Waals surface area (Å²) < 4.78 is 5.46. The molecule has 0 spiro atoms. The molecule has 2 atom stereocenters. The van der Waals surface area contributed by atoms with Crippen LogP contribution in [0.5, 0.6) is 5.75 Å². The molecule has 1 aromatic rings. The average molecular weight is 262 g/mol. The Hall–Kier alpha value is -1.06. The minimum absolute atomic E-state index is 0.351. The van der Waals surface area contributed by atoms with E-state index in [0.717, 1.165) is 37.8 Å². The van der Waals surface area contributed by atoms with Crippen LogP contribution in [0.15, 0.2) is 24.3 Å². The van der Waals surface area contributed by atoms with Crippen molar-refractivity contribution < 1.29 is 4.74 Å². The molecule has 0 unspecified atom stereocenters. The number of rotatable bonds is 5. The second kappa shape index (κ2) is 6.92. The fourth-order valence-corrected chi connectivity index (χ4v) is 2.90. The van der Waals surface area contributed by atoms with Gasteiger partial charge >= 0.3 is 0 Å². The fraction of sp³-hybridized carbons (Fsp3) is 0.625. The SMILES string of the molecule is CCOc1ccc(CCN2C[C@H](C)C[C@H](N)C2)cc1. The summed E-state index contributed by atoms with van der Waals surface area (Å²) >= 11 is 0. The minimum atomic E-state index is 0.351. The predicted molar refractivity (Wildman–Crippen MR) is 79.5 cm³/mol. The van der Waals surface area contributed by atoms with Crippen molar-refractivity contribution in [3.8, 4) is 5.75 Å². The Morgan fingerprint density at radius 3 is 2.63 bits per heavy atom. The molecule has 1 fully saturated rings. The molecule has 1 saturated heterocycles. The van der Waals surface area contributed by atoms with E-state index in [-0.39, 0.29) is 0 Å². The zero-order valence-corrected chi connectivity index (χ0v) is 12.1. The third-order valence-corrected chi connectivity index (χ3v) is 3.72. The summed E-state index contributed by atoms with van der Waals surface area (Å²) in [6.07, 6.45) is 2.26. The van der Waals surface area contributed by atoms with Crippen LogP contribution in [-0.4, -0.2) is 37.2 Å². The standard InChI is InChI=1S/C16H26N2O/c1-3-19-16-6-4-14(5-7-16)8-9-18-11-13(2)10-15(17)12-18/h4-7,13,15H,3,8-12,17H2,1-2H3/t13-,15+/m1/s1. The van der Waals surface area contributed by atoms with Crippen molar-refractivity contribution in [1.29, 1.82) is 0 Å². The molecule has 0 bridgehead atoms. The molecule has 0 aromatic heterocycles. The van der Waals surface area contributed by atoms with Crippen LogP contribution in [0.25, 0.3) is 0 Å². The molecule has 1 heterocycles. The van der Waals surface area contributed by atoms with Gasteiger partial charge in [-0.05, 0) is 43.4 Å². The van der Waals surface area contributed by atoms with E-state index in [0.29, 0.717) is 6.04 Å². The largest absolute Gasteiger partial charge is 0.494 e. The van der Waals surface area contributed by atoms with Crippen LogP contribution in [0.2, 0.25) is 0 Å². The summed E-state index contributed by atoms with van der Waals surface area (Å²) in [6.45, 7) is 8.36. The minimum Gasteiger partial charge on any atom is -0.494 e. The Morgan fingerprint density at radius 1 is 1.26 bits per heavy atom. The van der Waals surface area contributed by atoms with Gasteiger partial charge < -0.3 is 15.4 Å². The second-order valence-electron chi connectivity index (χ2n) is 5.69. The van der Waals surface area contributed by atoms with Gasteiger partial charge in [0.15, 0.2) is 0 Å². The number of likely N-dealkylation sites (tertiary alicyclic amines) is 1. The maximum atomic E-state index is 6.08. The summed E-state index contributed by atoms with van der Waals surface area (Å²) in [7, 11) is 0. The smallest absolute Gasteiger partial charge is 0.119 e. The first-order chi connectivity index (χ1) is 9.17. The normalized spacial score (nSPS) is 24.4. The summed E-state index contributed by atoms with van der Waals surface area (Å²) in [5.41, 5.74) is 7.45. The molecule has 2 rings (SSSR count). The molecular formula is C16H26N2O. The molecule has 0 saturated carbocycles. The molecular weight excluding hydrogens is 236 g/mol. The van der Waals surface area contributed by atoms with E-state index in [1.807, 2.05) is 6.92 Å². The summed E-state index contributed by atoms with van der Waals surface area (Å²) in [5, 5.41) is 0. The van der Waals surface area contributed by atoms with Crippen molar-refractivity contribution in [2.45, 2.75) is 32.7 Å². The zero-order valence-electron chi connectivity index (χ0n) is 12.1. The maximum absolute atomic E-state index is 6.08. The van der Waals surface area contributed by atoms with E-state index in [2.05, 4.69) is 36.1 Å². The van der Waals surface area contributed by atoms with E-state index in [1.54, 1.807) is 0 Å². The van der Waals surface area contributed by atoms with E-state index in [1.165, 1.54) is 18.5 Å².